The van der Waals surface area contributed by atoms with E-state index in [1.165, 1.54) is 0 Å². The van der Waals surface area contributed by atoms with Crippen LogP contribution in [0.2, 0.25) is 5.02 Å². The van der Waals surface area contributed by atoms with Crippen LogP contribution in [0.4, 0.5) is 0 Å². The third kappa shape index (κ3) is 3.22. The Bertz CT molecular complexity index is 666. The SMILES string of the molecule is Cc1cc(C(=O)N2CCC(Oc3ccncc3Cl)CC2)no1. The van der Waals surface area contributed by atoms with Crippen LogP contribution in [0.1, 0.15) is 29.1 Å². The lowest BCUT2D eigenvalue weighted by atomic mass is 10.1. The minimum absolute atomic E-state index is 0.0444. The van der Waals surface area contributed by atoms with Crippen molar-refractivity contribution in [1.29, 1.82) is 0 Å². The number of carbonyl (C=O) groups is 1. The minimum atomic E-state index is -0.0998. The van der Waals surface area contributed by atoms with Crippen LogP contribution in [0.25, 0.3) is 0 Å². The summed E-state index contributed by atoms with van der Waals surface area (Å²) in [5.41, 5.74) is 0.356. The van der Waals surface area contributed by atoms with Gasteiger partial charge < -0.3 is 14.2 Å². The molecule has 0 spiro atoms. The maximum Gasteiger partial charge on any atom is 0.276 e. The number of halogens is 1. The van der Waals surface area contributed by atoms with Crippen LogP contribution < -0.4 is 4.74 Å². The van der Waals surface area contributed by atoms with Crippen molar-refractivity contribution in [3.05, 3.63) is 41.0 Å². The van der Waals surface area contributed by atoms with E-state index in [4.69, 9.17) is 20.9 Å². The number of nitrogens with zero attached hydrogens (tertiary/aromatic N) is 3. The molecular formula is C15H16ClN3O3. The highest BCUT2D eigenvalue weighted by Gasteiger charge is 2.26. The second-order valence-electron chi connectivity index (χ2n) is 5.24. The highest BCUT2D eigenvalue weighted by molar-refractivity contribution is 6.31. The summed E-state index contributed by atoms with van der Waals surface area (Å²) in [4.78, 5) is 18.0. The van der Waals surface area contributed by atoms with Gasteiger partial charge in [0.15, 0.2) is 5.69 Å². The van der Waals surface area contributed by atoms with Crippen LogP contribution in [0.15, 0.2) is 29.0 Å². The van der Waals surface area contributed by atoms with Crippen LogP contribution in [0, 0.1) is 6.92 Å². The Morgan fingerprint density at radius 1 is 1.45 bits per heavy atom. The van der Waals surface area contributed by atoms with Crippen LogP contribution in [0.3, 0.4) is 0 Å². The number of carbonyl (C=O) groups excluding carboxylic acids is 1. The Morgan fingerprint density at radius 3 is 2.86 bits per heavy atom. The summed E-state index contributed by atoms with van der Waals surface area (Å²) in [6.07, 6.45) is 4.75. The molecule has 1 amide bonds. The Balaban J connectivity index is 1.56. The van der Waals surface area contributed by atoms with Crippen LogP contribution >= 0.6 is 11.6 Å². The molecule has 2 aromatic rings. The van der Waals surface area contributed by atoms with E-state index >= 15 is 0 Å². The van der Waals surface area contributed by atoms with Gasteiger partial charge in [-0.15, -0.1) is 0 Å². The number of ether oxygens (including phenoxy) is 1. The van der Waals surface area contributed by atoms with Crippen LogP contribution in [-0.4, -0.2) is 40.1 Å². The molecule has 0 N–H and O–H groups in total. The smallest absolute Gasteiger partial charge is 0.276 e. The molecule has 7 heteroatoms. The van der Waals surface area contributed by atoms with E-state index in [9.17, 15) is 4.79 Å². The van der Waals surface area contributed by atoms with Gasteiger partial charge in [0.05, 0.1) is 0 Å². The quantitative estimate of drug-likeness (QED) is 0.869. The maximum atomic E-state index is 12.3. The number of amides is 1. The zero-order valence-electron chi connectivity index (χ0n) is 12.2. The molecule has 1 aliphatic heterocycles. The monoisotopic (exact) mass is 321 g/mol. The fourth-order valence-corrected chi connectivity index (χ4v) is 2.61. The van der Waals surface area contributed by atoms with Crippen molar-refractivity contribution in [2.75, 3.05) is 13.1 Å². The van der Waals surface area contributed by atoms with Gasteiger partial charge in [0.2, 0.25) is 0 Å². The second-order valence-corrected chi connectivity index (χ2v) is 5.65. The molecule has 1 aliphatic rings. The molecule has 1 fully saturated rings. The van der Waals surface area contributed by atoms with Gasteiger partial charge >= 0.3 is 0 Å². The third-order valence-corrected chi connectivity index (χ3v) is 3.89. The summed E-state index contributed by atoms with van der Waals surface area (Å²) in [6, 6.07) is 3.40. The number of hydrogen-bond donors (Lipinski definition) is 0. The fourth-order valence-electron chi connectivity index (χ4n) is 2.44. The first kappa shape index (κ1) is 14.8. The topological polar surface area (TPSA) is 68.5 Å². The van der Waals surface area contributed by atoms with Gasteiger partial charge in [-0.05, 0) is 6.92 Å². The minimum Gasteiger partial charge on any atom is -0.489 e. The van der Waals surface area contributed by atoms with E-state index in [0.29, 0.717) is 35.3 Å². The number of aromatic nitrogens is 2. The second kappa shape index (κ2) is 6.36. The van der Waals surface area contributed by atoms with E-state index in [0.717, 1.165) is 12.8 Å². The normalized spacial score (nSPS) is 15.8. The van der Waals surface area contributed by atoms with Gasteiger partial charge in [-0.1, -0.05) is 16.8 Å². The van der Waals surface area contributed by atoms with Gasteiger partial charge in [-0.2, -0.15) is 0 Å². The molecule has 1 saturated heterocycles. The first-order valence-electron chi connectivity index (χ1n) is 7.12. The van der Waals surface area contributed by atoms with Gasteiger partial charge in [0.25, 0.3) is 5.91 Å². The van der Waals surface area contributed by atoms with E-state index in [-0.39, 0.29) is 12.0 Å². The van der Waals surface area contributed by atoms with Gasteiger partial charge in [-0.3, -0.25) is 9.78 Å². The molecule has 0 saturated carbocycles. The molecule has 2 aromatic heterocycles. The van der Waals surface area contributed by atoms with E-state index in [1.807, 2.05) is 0 Å². The van der Waals surface area contributed by atoms with Gasteiger partial charge in [0, 0.05) is 50.5 Å². The molecule has 0 aromatic carbocycles. The van der Waals surface area contributed by atoms with Crippen molar-refractivity contribution in [3.8, 4) is 5.75 Å². The molecule has 0 radical (unpaired) electrons. The molecule has 22 heavy (non-hydrogen) atoms. The summed E-state index contributed by atoms with van der Waals surface area (Å²) in [5.74, 6) is 1.17. The van der Waals surface area contributed by atoms with Crippen molar-refractivity contribution in [3.63, 3.8) is 0 Å². The van der Waals surface area contributed by atoms with Crippen molar-refractivity contribution in [2.24, 2.45) is 0 Å². The van der Waals surface area contributed by atoms with E-state index < -0.39 is 0 Å². The zero-order valence-corrected chi connectivity index (χ0v) is 12.9. The molecule has 0 atom stereocenters. The highest BCUT2D eigenvalue weighted by Crippen LogP contribution is 2.26. The standard InChI is InChI=1S/C15H16ClN3O3/c1-10-8-13(18-22-10)15(20)19-6-3-11(4-7-19)21-14-2-5-17-9-12(14)16/h2,5,8-9,11H,3-4,6-7H2,1H3. The number of rotatable bonds is 3. The Labute approximate surface area is 133 Å². The average Bonchev–Trinajstić information content (AvgIpc) is 2.96. The number of likely N-dealkylation sites (tertiary alicyclic amines) is 1. The van der Waals surface area contributed by atoms with Crippen LogP contribution in [0.5, 0.6) is 5.75 Å². The molecular weight excluding hydrogens is 306 g/mol. The number of piperidine rings is 1. The summed E-state index contributed by atoms with van der Waals surface area (Å²) in [5, 5.41) is 4.27. The summed E-state index contributed by atoms with van der Waals surface area (Å²) < 4.78 is 10.8. The van der Waals surface area contributed by atoms with Gasteiger partial charge in [0.1, 0.15) is 22.6 Å². The lowest BCUT2D eigenvalue weighted by Crippen LogP contribution is -2.41. The van der Waals surface area contributed by atoms with E-state index in [2.05, 4.69) is 10.1 Å². The summed E-state index contributed by atoms with van der Waals surface area (Å²) >= 11 is 6.03. The lowest BCUT2D eigenvalue weighted by Gasteiger charge is -2.31. The maximum absolute atomic E-state index is 12.3. The molecule has 0 bridgehead atoms. The zero-order chi connectivity index (χ0) is 15.5. The molecule has 6 nitrogen and oxygen atoms in total. The average molecular weight is 322 g/mol. The fraction of sp³-hybridized carbons (Fsp3) is 0.400. The lowest BCUT2D eigenvalue weighted by molar-refractivity contribution is 0.0586. The van der Waals surface area contributed by atoms with Crippen molar-refractivity contribution < 1.29 is 14.1 Å². The van der Waals surface area contributed by atoms with Crippen molar-refractivity contribution in [1.82, 2.24) is 15.0 Å². The largest absolute Gasteiger partial charge is 0.489 e. The number of aryl methyl sites for hydroxylation is 1. The number of hydrogen-bond acceptors (Lipinski definition) is 5. The Hall–Kier alpha value is -2.08. The van der Waals surface area contributed by atoms with Crippen molar-refractivity contribution >= 4 is 17.5 Å². The predicted molar refractivity (Wildman–Crippen MR) is 80.0 cm³/mol. The van der Waals surface area contributed by atoms with Crippen LogP contribution in [-0.2, 0) is 0 Å². The molecule has 0 unspecified atom stereocenters. The van der Waals surface area contributed by atoms with E-state index in [1.54, 1.807) is 36.4 Å². The molecule has 116 valence electrons. The number of pyridine rings is 1. The third-order valence-electron chi connectivity index (χ3n) is 3.61. The molecule has 0 aliphatic carbocycles. The molecule has 3 rings (SSSR count). The summed E-state index contributed by atoms with van der Waals surface area (Å²) in [7, 11) is 0. The first-order valence-corrected chi connectivity index (χ1v) is 7.50. The van der Waals surface area contributed by atoms with Gasteiger partial charge in [-0.25, -0.2) is 0 Å². The summed E-state index contributed by atoms with van der Waals surface area (Å²) in [6.45, 7) is 3.01. The molecule has 3 heterocycles. The first-order chi connectivity index (χ1) is 10.6. The highest BCUT2D eigenvalue weighted by atomic mass is 35.5. The Morgan fingerprint density at radius 2 is 2.23 bits per heavy atom. The Kier molecular flexibility index (Phi) is 4.29. The predicted octanol–water partition coefficient (Wildman–Crippen LogP) is 2.72. The van der Waals surface area contributed by atoms with Crippen molar-refractivity contribution in [2.45, 2.75) is 25.9 Å².